The summed E-state index contributed by atoms with van der Waals surface area (Å²) in [4.78, 5) is 12.0. The lowest BCUT2D eigenvalue weighted by atomic mass is 9.87. The Kier molecular flexibility index (Phi) is 7.57. The Labute approximate surface area is 169 Å². The van der Waals surface area contributed by atoms with Gasteiger partial charge in [-0.05, 0) is 60.9 Å². The van der Waals surface area contributed by atoms with Crippen LogP contribution in [0, 0.1) is 5.92 Å². The van der Waals surface area contributed by atoms with Gasteiger partial charge in [0, 0.05) is 10.2 Å². The number of amides is 1. The van der Waals surface area contributed by atoms with Gasteiger partial charge in [-0.25, -0.2) is 0 Å². The van der Waals surface area contributed by atoms with E-state index < -0.39 is 0 Å². The summed E-state index contributed by atoms with van der Waals surface area (Å²) in [5, 5.41) is 2.83. The van der Waals surface area contributed by atoms with Crippen LogP contribution in [0.15, 0.2) is 53.0 Å². The molecule has 27 heavy (non-hydrogen) atoms. The number of ether oxygens (including phenoxy) is 2. The fourth-order valence-electron chi connectivity index (χ4n) is 3.33. The highest BCUT2D eigenvalue weighted by molar-refractivity contribution is 9.10. The summed E-state index contributed by atoms with van der Waals surface area (Å²) in [5.74, 6) is 2.14. The smallest absolute Gasteiger partial charge is 0.262 e. The molecule has 4 nitrogen and oxygen atoms in total. The van der Waals surface area contributed by atoms with Crippen molar-refractivity contribution in [3.63, 3.8) is 0 Å². The second-order valence-electron chi connectivity index (χ2n) is 6.96. The van der Waals surface area contributed by atoms with Gasteiger partial charge in [0.1, 0.15) is 11.5 Å². The summed E-state index contributed by atoms with van der Waals surface area (Å²) < 4.78 is 12.3. The van der Waals surface area contributed by atoms with Crippen LogP contribution in [0.1, 0.15) is 38.5 Å². The number of carbonyl (C=O) groups is 1. The van der Waals surface area contributed by atoms with E-state index in [0.29, 0.717) is 5.75 Å². The van der Waals surface area contributed by atoms with E-state index in [2.05, 4.69) is 21.2 Å². The Morgan fingerprint density at radius 1 is 0.926 bits per heavy atom. The number of rotatable bonds is 8. The van der Waals surface area contributed by atoms with Gasteiger partial charge in [-0.15, -0.1) is 0 Å². The lowest BCUT2D eigenvalue weighted by Gasteiger charge is -2.21. The van der Waals surface area contributed by atoms with Gasteiger partial charge in [0.15, 0.2) is 6.61 Å². The molecule has 144 valence electrons. The van der Waals surface area contributed by atoms with E-state index in [1.165, 1.54) is 32.1 Å². The third-order valence-corrected chi connectivity index (χ3v) is 5.37. The second-order valence-corrected chi connectivity index (χ2v) is 7.87. The summed E-state index contributed by atoms with van der Waals surface area (Å²) in [5.41, 5.74) is 0.735. The quantitative estimate of drug-likeness (QED) is 0.572. The van der Waals surface area contributed by atoms with Crippen molar-refractivity contribution in [1.82, 2.24) is 0 Å². The normalized spacial score (nSPS) is 14.6. The molecule has 5 heteroatoms. The van der Waals surface area contributed by atoms with Crippen LogP contribution in [0.4, 0.5) is 5.69 Å². The molecule has 1 aliphatic rings. The zero-order valence-corrected chi connectivity index (χ0v) is 17.0. The lowest BCUT2D eigenvalue weighted by molar-refractivity contribution is -0.118. The number of benzene rings is 2. The Balaban J connectivity index is 1.37. The molecule has 0 atom stereocenters. The van der Waals surface area contributed by atoms with E-state index in [0.717, 1.165) is 34.9 Å². The average Bonchev–Trinajstić information content (AvgIpc) is 2.70. The SMILES string of the molecule is O=C(COc1ccc(Br)cc1)Nc1ccc(OCCC2CCCCC2)cc1. The Morgan fingerprint density at radius 3 is 2.26 bits per heavy atom. The lowest BCUT2D eigenvalue weighted by Crippen LogP contribution is -2.20. The molecule has 2 aromatic rings. The highest BCUT2D eigenvalue weighted by atomic mass is 79.9. The van der Waals surface area contributed by atoms with Gasteiger partial charge in [0.25, 0.3) is 5.91 Å². The standard InChI is InChI=1S/C22H26BrNO3/c23-18-6-10-21(11-7-18)27-16-22(25)24-19-8-12-20(13-9-19)26-15-14-17-4-2-1-3-5-17/h6-13,17H,1-5,14-16H2,(H,24,25). The number of carbonyl (C=O) groups excluding carboxylic acids is 1. The van der Waals surface area contributed by atoms with E-state index in [1.54, 1.807) is 0 Å². The van der Waals surface area contributed by atoms with Crippen molar-refractivity contribution in [1.29, 1.82) is 0 Å². The van der Waals surface area contributed by atoms with E-state index in [-0.39, 0.29) is 12.5 Å². The average molecular weight is 432 g/mol. The molecule has 0 aliphatic heterocycles. The monoisotopic (exact) mass is 431 g/mol. The number of halogens is 1. The molecule has 0 radical (unpaired) electrons. The first-order valence-electron chi connectivity index (χ1n) is 9.60. The number of hydrogen-bond acceptors (Lipinski definition) is 3. The molecule has 1 amide bonds. The molecule has 0 bridgehead atoms. The highest BCUT2D eigenvalue weighted by Crippen LogP contribution is 2.26. The molecule has 0 heterocycles. The van der Waals surface area contributed by atoms with Crippen LogP contribution < -0.4 is 14.8 Å². The van der Waals surface area contributed by atoms with Gasteiger partial charge in [0.2, 0.25) is 0 Å². The first-order valence-corrected chi connectivity index (χ1v) is 10.4. The maximum atomic E-state index is 12.0. The minimum atomic E-state index is -0.191. The zero-order chi connectivity index (χ0) is 18.9. The predicted molar refractivity (Wildman–Crippen MR) is 111 cm³/mol. The third-order valence-electron chi connectivity index (χ3n) is 4.84. The largest absolute Gasteiger partial charge is 0.494 e. The van der Waals surface area contributed by atoms with Crippen molar-refractivity contribution in [2.24, 2.45) is 5.92 Å². The second kappa shape index (κ2) is 10.4. The molecule has 0 spiro atoms. The fourth-order valence-corrected chi connectivity index (χ4v) is 3.59. The molecule has 1 N–H and O–H groups in total. The van der Waals surface area contributed by atoms with Crippen molar-refractivity contribution in [3.05, 3.63) is 53.0 Å². The molecular weight excluding hydrogens is 406 g/mol. The minimum absolute atomic E-state index is 0.0265. The molecule has 0 unspecified atom stereocenters. The number of anilines is 1. The van der Waals surface area contributed by atoms with E-state index in [4.69, 9.17) is 9.47 Å². The minimum Gasteiger partial charge on any atom is -0.494 e. The van der Waals surface area contributed by atoms with Crippen LogP contribution in [-0.4, -0.2) is 19.1 Å². The van der Waals surface area contributed by atoms with Gasteiger partial charge in [-0.3, -0.25) is 4.79 Å². The molecule has 3 rings (SSSR count). The predicted octanol–water partition coefficient (Wildman–Crippen LogP) is 5.82. The first-order chi connectivity index (χ1) is 13.2. The van der Waals surface area contributed by atoms with Crippen LogP contribution in [0.25, 0.3) is 0 Å². The van der Waals surface area contributed by atoms with Gasteiger partial charge >= 0.3 is 0 Å². The first kappa shape index (κ1) is 19.7. The van der Waals surface area contributed by atoms with Crippen LogP contribution in [0.5, 0.6) is 11.5 Å². The van der Waals surface area contributed by atoms with Gasteiger partial charge < -0.3 is 14.8 Å². The topological polar surface area (TPSA) is 47.6 Å². The Bertz CT molecular complexity index is 709. The molecular formula is C22H26BrNO3. The van der Waals surface area contributed by atoms with Gasteiger partial charge in [-0.1, -0.05) is 48.0 Å². The van der Waals surface area contributed by atoms with Gasteiger partial charge in [0.05, 0.1) is 6.61 Å². The summed E-state index contributed by atoms with van der Waals surface area (Å²) in [6.07, 6.45) is 7.94. The van der Waals surface area contributed by atoms with E-state index in [9.17, 15) is 4.79 Å². The summed E-state index contributed by atoms with van der Waals surface area (Å²) in [6, 6.07) is 14.9. The molecule has 0 aromatic heterocycles. The summed E-state index contributed by atoms with van der Waals surface area (Å²) >= 11 is 3.37. The molecule has 0 saturated heterocycles. The molecule has 1 fully saturated rings. The Hall–Kier alpha value is -2.01. The maximum Gasteiger partial charge on any atom is 0.262 e. The van der Waals surface area contributed by atoms with Crippen molar-refractivity contribution in [3.8, 4) is 11.5 Å². The Morgan fingerprint density at radius 2 is 1.56 bits per heavy atom. The fraction of sp³-hybridized carbons (Fsp3) is 0.409. The van der Waals surface area contributed by atoms with Crippen molar-refractivity contribution < 1.29 is 14.3 Å². The van der Waals surface area contributed by atoms with Crippen molar-refractivity contribution in [2.75, 3.05) is 18.5 Å². The van der Waals surface area contributed by atoms with Crippen LogP contribution in [0.2, 0.25) is 0 Å². The van der Waals surface area contributed by atoms with E-state index in [1.807, 2.05) is 48.5 Å². The summed E-state index contributed by atoms with van der Waals surface area (Å²) in [6.45, 7) is 0.735. The van der Waals surface area contributed by atoms with Gasteiger partial charge in [-0.2, -0.15) is 0 Å². The van der Waals surface area contributed by atoms with Crippen LogP contribution in [-0.2, 0) is 4.79 Å². The molecule has 2 aromatic carbocycles. The number of nitrogens with one attached hydrogen (secondary N) is 1. The molecule has 1 saturated carbocycles. The molecule has 1 aliphatic carbocycles. The van der Waals surface area contributed by atoms with E-state index >= 15 is 0 Å². The third kappa shape index (κ3) is 6.90. The maximum absolute atomic E-state index is 12.0. The zero-order valence-electron chi connectivity index (χ0n) is 15.5. The van der Waals surface area contributed by atoms with Crippen molar-refractivity contribution >= 4 is 27.5 Å². The van der Waals surface area contributed by atoms with Crippen LogP contribution in [0.3, 0.4) is 0 Å². The highest BCUT2D eigenvalue weighted by Gasteiger charge is 2.13. The summed E-state index contributed by atoms with van der Waals surface area (Å²) in [7, 11) is 0. The number of hydrogen-bond donors (Lipinski definition) is 1. The van der Waals surface area contributed by atoms with Crippen molar-refractivity contribution in [2.45, 2.75) is 38.5 Å². The van der Waals surface area contributed by atoms with Crippen LogP contribution >= 0.6 is 15.9 Å².